The predicted molar refractivity (Wildman–Crippen MR) is 101 cm³/mol. The van der Waals surface area contributed by atoms with Gasteiger partial charge >= 0.3 is 0 Å². The van der Waals surface area contributed by atoms with E-state index in [9.17, 15) is 9.59 Å². The number of hydrogen-bond acceptors (Lipinski definition) is 3. The fourth-order valence-electron chi connectivity index (χ4n) is 2.40. The normalized spacial score (nSPS) is 10.6. The number of thioether (sulfide) groups is 1. The monoisotopic (exact) mass is 364 g/mol. The largest absolute Gasteiger partial charge is 0.352 e. The molecule has 2 aromatic rings. The maximum absolute atomic E-state index is 12.1. The number of aromatic amines is 1. The van der Waals surface area contributed by atoms with Crippen molar-refractivity contribution in [3.63, 3.8) is 0 Å². The first-order chi connectivity index (χ1) is 11.5. The SMILES string of the molecule is Cc1cc(C)c(C(=O)NCCCSCc2ccccc2Cl)c(=O)[nH]1. The quantitative estimate of drug-likeness (QED) is 0.736. The summed E-state index contributed by atoms with van der Waals surface area (Å²) in [6.45, 7) is 4.12. The van der Waals surface area contributed by atoms with Crippen molar-refractivity contribution in [3.8, 4) is 0 Å². The van der Waals surface area contributed by atoms with Crippen LogP contribution in [0.25, 0.3) is 0 Å². The van der Waals surface area contributed by atoms with E-state index in [1.165, 1.54) is 0 Å². The summed E-state index contributed by atoms with van der Waals surface area (Å²) in [6, 6.07) is 9.60. The van der Waals surface area contributed by atoms with Gasteiger partial charge in [-0.1, -0.05) is 29.8 Å². The predicted octanol–water partition coefficient (Wildman–Crippen LogP) is 3.70. The second-order valence-electron chi connectivity index (χ2n) is 5.59. The van der Waals surface area contributed by atoms with Crippen molar-refractivity contribution in [1.82, 2.24) is 10.3 Å². The smallest absolute Gasteiger partial charge is 0.261 e. The summed E-state index contributed by atoms with van der Waals surface area (Å²) in [7, 11) is 0. The number of benzene rings is 1. The highest BCUT2D eigenvalue weighted by Crippen LogP contribution is 2.20. The van der Waals surface area contributed by atoms with Crippen LogP contribution >= 0.6 is 23.4 Å². The molecule has 0 saturated carbocycles. The van der Waals surface area contributed by atoms with Crippen molar-refractivity contribution in [2.45, 2.75) is 26.0 Å². The molecule has 0 bridgehead atoms. The Morgan fingerprint density at radius 3 is 2.75 bits per heavy atom. The number of amides is 1. The lowest BCUT2D eigenvalue weighted by Crippen LogP contribution is -2.31. The molecule has 0 aliphatic heterocycles. The molecule has 4 nitrogen and oxygen atoms in total. The van der Waals surface area contributed by atoms with E-state index in [1.54, 1.807) is 31.7 Å². The molecular formula is C18H21ClN2O2S. The summed E-state index contributed by atoms with van der Waals surface area (Å²) in [5, 5.41) is 3.60. The van der Waals surface area contributed by atoms with Gasteiger partial charge in [-0.25, -0.2) is 0 Å². The summed E-state index contributed by atoms with van der Waals surface area (Å²) >= 11 is 7.88. The molecule has 0 unspecified atom stereocenters. The van der Waals surface area contributed by atoms with E-state index in [0.29, 0.717) is 12.1 Å². The van der Waals surface area contributed by atoms with Crippen LogP contribution in [0.4, 0.5) is 0 Å². The molecule has 1 aromatic carbocycles. The number of halogens is 1. The zero-order valence-corrected chi connectivity index (χ0v) is 15.4. The van der Waals surface area contributed by atoms with E-state index in [0.717, 1.165) is 34.2 Å². The lowest BCUT2D eigenvalue weighted by Gasteiger charge is -2.08. The first-order valence-electron chi connectivity index (χ1n) is 7.79. The minimum Gasteiger partial charge on any atom is -0.352 e. The Kier molecular flexibility index (Phi) is 6.94. The highest BCUT2D eigenvalue weighted by atomic mass is 35.5. The summed E-state index contributed by atoms with van der Waals surface area (Å²) in [5.41, 5.74) is 2.43. The highest BCUT2D eigenvalue weighted by molar-refractivity contribution is 7.98. The van der Waals surface area contributed by atoms with E-state index in [-0.39, 0.29) is 17.0 Å². The summed E-state index contributed by atoms with van der Waals surface area (Å²) < 4.78 is 0. The number of aryl methyl sites for hydroxylation is 2. The Balaban J connectivity index is 1.74. The molecule has 1 aromatic heterocycles. The van der Waals surface area contributed by atoms with Gasteiger partial charge in [0.2, 0.25) is 0 Å². The molecule has 24 heavy (non-hydrogen) atoms. The Morgan fingerprint density at radius 1 is 1.29 bits per heavy atom. The Hall–Kier alpha value is -1.72. The maximum Gasteiger partial charge on any atom is 0.261 e. The number of aromatic nitrogens is 1. The van der Waals surface area contributed by atoms with Crippen LogP contribution in [0.3, 0.4) is 0 Å². The topological polar surface area (TPSA) is 62.0 Å². The lowest BCUT2D eigenvalue weighted by atomic mass is 10.1. The van der Waals surface area contributed by atoms with Crippen LogP contribution in [0, 0.1) is 13.8 Å². The highest BCUT2D eigenvalue weighted by Gasteiger charge is 2.13. The van der Waals surface area contributed by atoms with Crippen LogP contribution in [0.15, 0.2) is 35.1 Å². The van der Waals surface area contributed by atoms with Gasteiger partial charge in [-0.2, -0.15) is 11.8 Å². The number of hydrogen-bond donors (Lipinski definition) is 2. The van der Waals surface area contributed by atoms with Gasteiger partial charge in [0.1, 0.15) is 5.56 Å². The molecule has 0 atom stereocenters. The van der Waals surface area contributed by atoms with Crippen LogP contribution in [-0.2, 0) is 5.75 Å². The van der Waals surface area contributed by atoms with Crippen molar-refractivity contribution < 1.29 is 4.79 Å². The standard InChI is InChI=1S/C18H21ClN2O2S/c1-12-10-13(2)21-18(23)16(12)17(22)20-8-5-9-24-11-14-6-3-4-7-15(14)19/h3-4,6-7,10H,5,8-9,11H2,1-2H3,(H,20,22)(H,21,23). The molecule has 0 saturated heterocycles. The fraction of sp³-hybridized carbons (Fsp3) is 0.333. The van der Waals surface area contributed by atoms with Crippen LogP contribution < -0.4 is 10.9 Å². The third-order valence-corrected chi connectivity index (χ3v) is 5.02. The number of pyridine rings is 1. The molecule has 128 valence electrons. The minimum absolute atomic E-state index is 0.198. The van der Waals surface area contributed by atoms with Gasteiger partial charge in [-0.05, 0) is 49.3 Å². The molecule has 0 fully saturated rings. The van der Waals surface area contributed by atoms with Gasteiger partial charge in [-0.15, -0.1) is 0 Å². The van der Waals surface area contributed by atoms with Crippen molar-refractivity contribution in [2.24, 2.45) is 0 Å². The van der Waals surface area contributed by atoms with Crippen molar-refractivity contribution in [1.29, 1.82) is 0 Å². The number of nitrogens with one attached hydrogen (secondary N) is 2. The lowest BCUT2D eigenvalue weighted by molar-refractivity contribution is 0.0951. The third-order valence-electron chi connectivity index (χ3n) is 3.56. The molecular weight excluding hydrogens is 344 g/mol. The molecule has 0 spiro atoms. The van der Waals surface area contributed by atoms with Gasteiger partial charge in [0.25, 0.3) is 11.5 Å². The molecule has 0 radical (unpaired) electrons. The second-order valence-corrected chi connectivity index (χ2v) is 7.11. The first-order valence-corrected chi connectivity index (χ1v) is 9.32. The summed E-state index contributed by atoms with van der Waals surface area (Å²) in [4.78, 5) is 26.7. The van der Waals surface area contributed by atoms with E-state index in [1.807, 2.05) is 24.3 Å². The van der Waals surface area contributed by atoms with Crippen molar-refractivity contribution in [2.75, 3.05) is 12.3 Å². The Bertz CT molecular complexity index is 774. The summed E-state index contributed by atoms with van der Waals surface area (Å²) in [5.74, 6) is 1.45. The van der Waals surface area contributed by atoms with Crippen molar-refractivity contribution in [3.05, 3.63) is 68.1 Å². The maximum atomic E-state index is 12.1. The Labute approximate surface area is 151 Å². The number of rotatable bonds is 7. The molecule has 0 aliphatic carbocycles. The molecule has 0 aliphatic rings. The zero-order chi connectivity index (χ0) is 17.5. The average Bonchev–Trinajstić information content (AvgIpc) is 2.51. The molecule has 6 heteroatoms. The van der Waals surface area contributed by atoms with Crippen LogP contribution in [0.1, 0.15) is 33.6 Å². The van der Waals surface area contributed by atoms with Gasteiger partial charge in [0.05, 0.1) is 0 Å². The average molecular weight is 365 g/mol. The van der Waals surface area contributed by atoms with Gasteiger partial charge in [0, 0.05) is 23.0 Å². The minimum atomic E-state index is -0.335. The van der Waals surface area contributed by atoms with Gasteiger partial charge in [-0.3, -0.25) is 9.59 Å². The number of H-pyrrole nitrogens is 1. The molecule has 2 rings (SSSR count). The second kappa shape index (κ2) is 8.94. The van der Waals surface area contributed by atoms with Crippen LogP contribution in [0.5, 0.6) is 0 Å². The van der Waals surface area contributed by atoms with Crippen LogP contribution in [0.2, 0.25) is 5.02 Å². The Morgan fingerprint density at radius 2 is 2.04 bits per heavy atom. The molecule has 1 amide bonds. The zero-order valence-electron chi connectivity index (χ0n) is 13.8. The van der Waals surface area contributed by atoms with E-state index in [4.69, 9.17) is 11.6 Å². The molecule has 1 heterocycles. The van der Waals surface area contributed by atoms with Crippen molar-refractivity contribution >= 4 is 29.3 Å². The third kappa shape index (κ3) is 5.14. The first kappa shape index (κ1) is 18.6. The van der Waals surface area contributed by atoms with E-state index >= 15 is 0 Å². The number of carbonyl (C=O) groups excluding carboxylic acids is 1. The van der Waals surface area contributed by atoms with Gasteiger partial charge in [0.15, 0.2) is 0 Å². The number of carbonyl (C=O) groups is 1. The summed E-state index contributed by atoms with van der Waals surface area (Å²) in [6.07, 6.45) is 0.837. The molecule has 2 N–H and O–H groups in total. The van der Waals surface area contributed by atoms with E-state index < -0.39 is 0 Å². The van der Waals surface area contributed by atoms with Gasteiger partial charge < -0.3 is 10.3 Å². The fourth-order valence-corrected chi connectivity index (χ4v) is 3.64. The van der Waals surface area contributed by atoms with E-state index in [2.05, 4.69) is 10.3 Å². The van der Waals surface area contributed by atoms with Crippen LogP contribution in [-0.4, -0.2) is 23.2 Å².